The van der Waals surface area contributed by atoms with Crippen LogP contribution in [0.4, 0.5) is 17.1 Å². The summed E-state index contributed by atoms with van der Waals surface area (Å²) < 4.78 is 1.13. The normalized spacial score (nSPS) is 16.0. The molecular formula is C20H18ClN5O3. The number of hydrogen-bond donors (Lipinski definition) is 1. The number of anilines is 2. The highest BCUT2D eigenvalue weighted by atomic mass is 35.5. The Kier molecular flexibility index (Phi) is 5.18. The molecule has 1 N–H and O–H groups in total. The quantitative estimate of drug-likeness (QED) is 0.510. The van der Waals surface area contributed by atoms with Gasteiger partial charge in [-0.2, -0.15) is 9.78 Å². The topological polar surface area (TPSA) is 93.3 Å². The maximum Gasteiger partial charge on any atom is 0.292 e. The summed E-state index contributed by atoms with van der Waals surface area (Å²) in [5.41, 5.74) is 1.51. The minimum Gasteiger partial charge on any atom is -0.378 e. The lowest BCUT2D eigenvalue weighted by atomic mass is 10.2. The Balaban J connectivity index is 1.51. The maximum atomic E-state index is 12.7. The first-order chi connectivity index (χ1) is 14.0. The molecule has 1 atom stereocenters. The van der Waals surface area contributed by atoms with Gasteiger partial charge in [0.2, 0.25) is 0 Å². The van der Waals surface area contributed by atoms with E-state index in [-0.39, 0.29) is 16.8 Å². The Hall–Kier alpha value is -3.39. The summed E-state index contributed by atoms with van der Waals surface area (Å²) in [6.45, 7) is 1.71. The summed E-state index contributed by atoms with van der Waals surface area (Å²) in [6, 6.07) is 15.9. The van der Waals surface area contributed by atoms with Crippen molar-refractivity contribution in [3.05, 3.63) is 86.3 Å². The highest BCUT2D eigenvalue weighted by Gasteiger charge is 2.24. The molecule has 1 aromatic heterocycles. The Labute approximate surface area is 171 Å². The van der Waals surface area contributed by atoms with E-state index in [0.29, 0.717) is 11.4 Å². The molecule has 0 aliphatic carbocycles. The molecule has 0 spiro atoms. The lowest BCUT2D eigenvalue weighted by Gasteiger charge is -2.19. The van der Waals surface area contributed by atoms with Gasteiger partial charge in [0.15, 0.2) is 0 Å². The zero-order chi connectivity index (χ0) is 20.4. The molecule has 8 nitrogen and oxygen atoms in total. The van der Waals surface area contributed by atoms with Crippen molar-refractivity contribution >= 4 is 28.7 Å². The number of hydrogen-bond acceptors (Lipinski definition) is 6. The molecule has 2 heterocycles. The van der Waals surface area contributed by atoms with Crippen LogP contribution in [0.5, 0.6) is 0 Å². The van der Waals surface area contributed by atoms with Crippen LogP contribution in [0.2, 0.25) is 5.02 Å². The van der Waals surface area contributed by atoms with E-state index in [1.165, 1.54) is 30.5 Å². The van der Waals surface area contributed by atoms with Crippen LogP contribution in [-0.4, -0.2) is 33.8 Å². The van der Waals surface area contributed by atoms with Crippen LogP contribution in [-0.2, 0) is 0 Å². The number of rotatable bonds is 5. The van der Waals surface area contributed by atoms with Crippen LogP contribution >= 0.6 is 11.6 Å². The fourth-order valence-corrected chi connectivity index (χ4v) is 3.59. The van der Waals surface area contributed by atoms with Gasteiger partial charge in [-0.15, -0.1) is 0 Å². The molecule has 1 unspecified atom stereocenters. The zero-order valence-corrected chi connectivity index (χ0v) is 16.1. The van der Waals surface area contributed by atoms with Crippen molar-refractivity contribution in [1.82, 2.24) is 9.78 Å². The second kappa shape index (κ2) is 7.92. The zero-order valence-electron chi connectivity index (χ0n) is 15.4. The van der Waals surface area contributed by atoms with E-state index in [1.54, 1.807) is 0 Å². The molecule has 0 saturated carbocycles. The van der Waals surface area contributed by atoms with Gasteiger partial charge in [-0.1, -0.05) is 29.8 Å². The van der Waals surface area contributed by atoms with E-state index in [0.717, 1.165) is 29.9 Å². The van der Waals surface area contributed by atoms with Gasteiger partial charge in [-0.3, -0.25) is 14.9 Å². The second-order valence-corrected chi connectivity index (χ2v) is 7.15. The molecule has 0 amide bonds. The predicted molar refractivity (Wildman–Crippen MR) is 112 cm³/mol. The van der Waals surface area contributed by atoms with Crippen LogP contribution in [0.1, 0.15) is 6.42 Å². The lowest BCUT2D eigenvalue weighted by molar-refractivity contribution is -0.384. The Morgan fingerprint density at radius 1 is 1.10 bits per heavy atom. The van der Waals surface area contributed by atoms with Crippen molar-refractivity contribution in [3.8, 4) is 5.69 Å². The van der Waals surface area contributed by atoms with E-state index in [1.807, 2.05) is 18.2 Å². The van der Waals surface area contributed by atoms with E-state index < -0.39 is 10.5 Å². The number of halogens is 1. The number of nitrogens with one attached hydrogen (secondary N) is 1. The Bertz CT molecular complexity index is 1090. The van der Waals surface area contributed by atoms with Crippen molar-refractivity contribution in [3.63, 3.8) is 0 Å². The molecule has 1 aliphatic rings. The van der Waals surface area contributed by atoms with Gasteiger partial charge in [0.05, 0.1) is 22.5 Å². The summed E-state index contributed by atoms with van der Waals surface area (Å²) in [7, 11) is 0. The average molecular weight is 412 g/mol. The third-order valence-corrected chi connectivity index (χ3v) is 5.26. The summed E-state index contributed by atoms with van der Waals surface area (Å²) in [5.74, 6) is 0. The number of nitrogens with zero attached hydrogens (tertiary/aromatic N) is 4. The molecule has 4 rings (SSSR count). The van der Waals surface area contributed by atoms with Gasteiger partial charge in [-0.05, 0) is 30.7 Å². The van der Waals surface area contributed by atoms with Crippen LogP contribution in [0.3, 0.4) is 0 Å². The van der Waals surface area contributed by atoms with Crippen LogP contribution < -0.4 is 15.8 Å². The molecule has 0 radical (unpaired) electrons. The summed E-state index contributed by atoms with van der Waals surface area (Å²) in [5, 5.41) is 18.3. The fourth-order valence-electron chi connectivity index (χ4n) is 3.40. The Morgan fingerprint density at radius 3 is 2.52 bits per heavy atom. The molecule has 0 bridgehead atoms. The van der Waals surface area contributed by atoms with Gasteiger partial charge in [0.25, 0.3) is 11.2 Å². The Morgan fingerprint density at radius 2 is 1.83 bits per heavy atom. The number of aromatic nitrogens is 2. The minimum absolute atomic E-state index is 0.0384. The van der Waals surface area contributed by atoms with Gasteiger partial charge in [0, 0.05) is 37.0 Å². The van der Waals surface area contributed by atoms with Gasteiger partial charge < -0.3 is 10.2 Å². The fraction of sp³-hybridized carbons (Fsp3) is 0.200. The monoisotopic (exact) mass is 411 g/mol. The number of benzene rings is 2. The van der Waals surface area contributed by atoms with Crippen molar-refractivity contribution in [2.24, 2.45) is 0 Å². The molecular weight excluding hydrogens is 394 g/mol. The molecule has 2 aromatic carbocycles. The summed E-state index contributed by atoms with van der Waals surface area (Å²) >= 11 is 6.30. The van der Waals surface area contributed by atoms with Gasteiger partial charge in [-0.25, -0.2) is 0 Å². The average Bonchev–Trinajstić information content (AvgIpc) is 3.21. The lowest BCUT2D eigenvalue weighted by Crippen LogP contribution is -2.28. The number of nitro benzene ring substituents is 1. The first-order valence-electron chi connectivity index (χ1n) is 9.12. The number of non-ortho nitro benzene ring substituents is 1. The van der Waals surface area contributed by atoms with Gasteiger partial charge >= 0.3 is 0 Å². The SMILES string of the molecule is O=c1c(Cl)c(NC2CCN(c3ccccc3)C2)cnn1-c1ccc([N+](=O)[O-])cc1. The van der Waals surface area contributed by atoms with Gasteiger partial charge in [0.1, 0.15) is 5.02 Å². The molecule has 1 aliphatic heterocycles. The molecule has 148 valence electrons. The highest BCUT2D eigenvalue weighted by molar-refractivity contribution is 6.33. The second-order valence-electron chi connectivity index (χ2n) is 6.77. The first-order valence-corrected chi connectivity index (χ1v) is 9.50. The largest absolute Gasteiger partial charge is 0.378 e. The van der Waals surface area contributed by atoms with E-state index >= 15 is 0 Å². The summed E-state index contributed by atoms with van der Waals surface area (Å²) in [6.07, 6.45) is 2.42. The van der Waals surface area contributed by atoms with Crippen molar-refractivity contribution in [1.29, 1.82) is 0 Å². The van der Waals surface area contributed by atoms with Crippen molar-refractivity contribution < 1.29 is 4.92 Å². The van der Waals surface area contributed by atoms with E-state index in [9.17, 15) is 14.9 Å². The van der Waals surface area contributed by atoms with E-state index in [4.69, 9.17) is 11.6 Å². The molecule has 1 saturated heterocycles. The third-order valence-electron chi connectivity index (χ3n) is 4.89. The molecule has 29 heavy (non-hydrogen) atoms. The third kappa shape index (κ3) is 3.93. The van der Waals surface area contributed by atoms with Crippen molar-refractivity contribution in [2.45, 2.75) is 12.5 Å². The molecule has 1 fully saturated rings. The molecule has 3 aromatic rings. The predicted octanol–water partition coefficient (Wildman–Crippen LogP) is 3.48. The highest BCUT2D eigenvalue weighted by Crippen LogP contribution is 2.24. The first kappa shape index (κ1) is 18.9. The maximum absolute atomic E-state index is 12.7. The van der Waals surface area contributed by atoms with Crippen LogP contribution in [0.15, 0.2) is 65.6 Å². The minimum atomic E-state index is -0.500. The standard InChI is InChI=1S/C20H18ClN5O3/c21-19-18(23-14-10-11-24(13-14)15-4-2-1-3-5-15)12-22-25(20(19)27)16-6-8-17(9-7-16)26(28)29/h1-9,12,14,23H,10-11,13H2. The smallest absolute Gasteiger partial charge is 0.292 e. The van der Waals surface area contributed by atoms with Crippen LogP contribution in [0, 0.1) is 10.1 Å². The van der Waals surface area contributed by atoms with E-state index in [2.05, 4.69) is 27.4 Å². The summed E-state index contributed by atoms with van der Waals surface area (Å²) in [4.78, 5) is 25.2. The number of para-hydroxylation sites is 1. The number of nitro groups is 1. The van der Waals surface area contributed by atoms with Crippen LogP contribution in [0.25, 0.3) is 5.69 Å². The van der Waals surface area contributed by atoms with Crippen molar-refractivity contribution in [2.75, 3.05) is 23.3 Å². The molecule has 9 heteroatoms.